The fraction of sp³-hybridized carbons (Fsp3) is 0.474. The number of hydrogen-bond donors (Lipinski definition) is 2. The molecule has 1 fully saturated rings. The minimum Gasteiger partial charge on any atom is -0.481 e. The van der Waals surface area contributed by atoms with Gasteiger partial charge >= 0.3 is 5.97 Å². The fourth-order valence-electron chi connectivity index (χ4n) is 3.64. The van der Waals surface area contributed by atoms with E-state index in [1.807, 2.05) is 29.3 Å². The summed E-state index contributed by atoms with van der Waals surface area (Å²) in [7, 11) is 0. The van der Waals surface area contributed by atoms with Crippen molar-refractivity contribution in [3.05, 3.63) is 36.0 Å². The molecule has 0 radical (unpaired) electrons. The van der Waals surface area contributed by atoms with Crippen LogP contribution in [-0.4, -0.2) is 39.5 Å². The molecular formula is C19H24N2O3. The minimum absolute atomic E-state index is 0.0883. The van der Waals surface area contributed by atoms with Crippen LogP contribution < -0.4 is 0 Å². The lowest BCUT2D eigenvalue weighted by molar-refractivity contribution is -0.140. The van der Waals surface area contributed by atoms with Gasteiger partial charge in [0.25, 0.3) is 0 Å². The number of carboxylic acids is 1. The number of fused-ring (bicyclic) bond motifs is 1. The summed E-state index contributed by atoms with van der Waals surface area (Å²) in [5.74, 6) is -0.637. The van der Waals surface area contributed by atoms with E-state index >= 15 is 0 Å². The summed E-state index contributed by atoms with van der Waals surface area (Å²) in [6.07, 6.45) is 6.89. The van der Waals surface area contributed by atoms with Gasteiger partial charge in [0, 0.05) is 42.5 Å². The SMILES string of the molecule is O=C(O)CC[C@H]1CCCCN1C(=O)CCc1c[nH]c2ccccc12. The smallest absolute Gasteiger partial charge is 0.303 e. The van der Waals surface area contributed by atoms with Crippen molar-refractivity contribution in [2.24, 2.45) is 0 Å². The maximum atomic E-state index is 12.7. The van der Waals surface area contributed by atoms with E-state index in [-0.39, 0.29) is 18.4 Å². The molecule has 2 heterocycles. The summed E-state index contributed by atoms with van der Waals surface area (Å²) in [6, 6.07) is 8.20. The second kappa shape index (κ2) is 7.51. The van der Waals surface area contributed by atoms with Gasteiger partial charge in [-0.05, 0) is 43.7 Å². The zero-order valence-corrected chi connectivity index (χ0v) is 13.8. The van der Waals surface area contributed by atoms with Crippen LogP contribution >= 0.6 is 0 Å². The van der Waals surface area contributed by atoms with E-state index < -0.39 is 5.97 Å². The number of carbonyl (C=O) groups excluding carboxylic acids is 1. The Kier molecular flexibility index (Phi) is 5.18. The van der Waals surface area contributed by atoms with E-state index in [1.54, 1.807) is 0 Å². The third kappa shape index (κ3) is 3.78. The highest BCUT2D eigenvalue weighted by atomic mass is 16.4. The molecule has 2 aromatic rings. The molecule has 5 heteroatoms. The molecule has 1 amide bonds. The number of aliphatic carboxylic acids is 1. The lowest BCUT2D eigenvalue weighted by Gasteiger charge is -2.35. The minimum atomic E-state index is -0.785. The van der Waals surface area contributed by atoms with Crippen LogP contribution in [0.15, 0.2) is 30.5 Å². The van der Waals surface area contributed by atoms with Crippen molar-refractivity contribution >= 4 is 22.8 Å². The molecular weight excluding hydrogens is 304 g/mol. The van der Waals surface area contributed by atoms with E-state index in [2.05, 4.69) is 11.1 Å². The zero-order valence-electron chi connectivity index (χ0n) is 13.8. The number of aromatic amines is 1. The molecule has 128 valence electrons. The van der Waals surface area contributed by atoms with Crippen LogP contribution in [-0.2, 0) is 16.0 Å². The Bertz CT molecular complexity index is 722. The molecule has 1 aromatic carbocycles. The van der Waals surface area contributed by atoms with Gasteiger partial charge in [0.1, 0.15) is 0 Å². The van der Waals surface area contributed by atoms with Gasteiger partial charge in [0.05, 0.1) is 0 Å². The highest BCUT2D eigenvalue weighted by Gasteiger charge is 2.26. The van der Waals surface area contributed by atoms with Crippen LogP contribution in [0.1, 0.15) is 44.1 Å². The molecule has 0 bridgehead atoms. The standard InChI is InChI=1S/C19H24N2O3/c22-18(21-12-4-3-5-15(21)9-11-19(23)24)10-8-14-13-20-17-7-2-1-6-16(14)17/h1-2,6-7,13,15,20H,3-5,8-12H2,(H,23,24)/t15-/m1/s1. The first-order chi connectivity index (χ1) is 11.6. The number of piperidine rings is 1. The van der Waals surface area contributed by atoms with Crippen molar-refractivity contribution in [1.29, 1.82) is 0 Å². The number of carboxylic acid groups (broad SMARTS) is 1. The normalized spacial score (nSPS) is 18.0. The number of benzene rings is 1. The zero-order chi connectivity index (χ0) is 16.9. The number of hydrogen-bond acceptors (Lipinski definition) is 2. The van der Waals surface area contributed by atoms with Crippen LogP contribution in [0.5, 0.6) is 0 Å². The lowest BCUT2D eigenvalue weighted by atomic mass is 9.97. The van der Waals surface area contributed by atoms with Gasteiger partial charge in [-0.2, -0.15) is 0 Å². The van der Waals surface area contributed by atoms with Crippen LogP contribution in [0.2, 0.25) is 0 Å². The van der Waals surface area contributed by atoms with Crippen LogP contribution in [0.3, 0.4) is 0 Å². The van der Waals surface area contributed by atoms with Crippen molar-refractivity contribution in [2.45, 2.75) is 51.0 Å². The van der Waals surface area contributed by atoms with Crippen LogP contribution in [0.4, 0.5) is 0 Å². The Morgan fingerprint density at radius 1 is 1.21 bits per heavy atom. The average Bonchev–Trinajstić information content (AvgIpc) is 3.01. The lowest BCUT2D eigenvalue weighted by Crippen LogP contribution is -2.44. The molecule has 0 unspecified atom stereocenters. The number of aromatic nitrogens is 1. The quantitative estimate of drug-likeness (QED) is 0.854. The number of para-hydroxylation sites is 1. The van der Waals surface area contributed by atoms with Gasteiger partial charge in [0.15, 0.2) is 0 Å². The number of aryl methyl sites for hydroxylation is 1. The van der Waals surface area contributed by atoms with E-state index in [1.165, 1.54) is 5.39 Å². The van der Waals surface area contributed by atoms with Crippen molar-refractivity contribution in [1.82, 2.24) is 9.88 Å². The average molecular weight is 328 g/mol. The number of nitrogens with one attached hydrogen (secondary N) is 1. The highest BCUT2D eigenvalue weighted by molar-refractivity contribution is 5.84. The summed E-state index contributed by atoms with van der Waals surface area (Å²) >= 11 is 0. The first-order valence-electron chi connectivity index (χ1n) is 8.71. The van der Waals surface area contributed by atoms with Crippen LogP contribution in [0.25, 0.3) is 10.9 Å². The van der Waals surface area contributed by atoms with Crippen LogP contribution in [0, 0.1) is 0 Å². The summed E-state index contributed by atoms with van der Waals surface area (Å²) in [6.45, 7) is 0.761. The third-order valence-corrected chi connectivity index (χ3v) is 4.92. The summed E-state index contributed by atoms with van der Waals surface area (Å²) in [5, 5.41) is 10.1. The molecule has 24 heavy (non-hydrogen) atoms. The Hall–Kier alpha value is -2.30. The molecule has 1 aliphatic heterocycles. The number of amides is 1. The van der Waals surface area contributed by atoms with E-state index in [0.29, 0.717) is 19.3 Å². The number of carbonyl (C=O) groups is 2. The second-order valence-corrected chi connectivity index (χ2v) is 6.53. The number of H-pyrrole nitrogens is 1. The van der Waals surface area contributed by atoms with E-state index in [9.17, 15) is 9.59 Å². The van der Waals surface area contributed by atoms with Gasteiger partial charge in [-0.1, -0.05) is 18.2 Å². The second-order valence-electron chi connectivity index (χ2n) is 6.53. The Balaban J connectivity index is 1.61. The van der Waals surface area contributed by atoms with E-state index in [4.69, 9.17) is 5.11 Å². The molecule has 1 atom stereocenters. The van der Waals surface area contributed by atoms with Gasteiger partial charge < -0.3 is 15.0 Å². The monoisotopic (exact) mass is 328 g/mol. The Morgan fingerprint density at radius 2 is 2.04 bits per heavy atom. The van der Waals surface area contributed by atoms with Crippen molar-refractivity contribution in [3.63, 3.8) is 0 Å². The van der Waals surface area contributed by atoms with Gasteiger partial charge in [0.2, 0.25) is 5.91 Å². The summed E-state index contributed by atoms with van der Waals surface area (Å²) in [4.78, 5) is 28.6. The maximum absolute atomic E-state index is 12.7. The highest BCUT2D eigenvalue weighted by Crippen LogP contribution is 2.23. The van der Waals surface area contributed by atoms with E-state index in [0.717, 1.165) is 36.9 Å². The molecule has 0 spiro atoms. The Labute approximate surface area is 141 Å². The number of nitrogens with zero attached hydrogens (tertiary/aromatic N) is 1. The van der Waals surface area contributed by atoms with Gasteiger partial charge in [-0.25, -0.2) is 0 Å². The third-order valence-electron chi connectivity index (χ3n) is 4.92. The predicted octanol–water partition coefficient (Wildman–Crippen LogP) is 3.35. The summed E-state index contributed by atoms with van der Waals surface area (Å²) < 4.78 is 0. The van der Waals surface area contributed by atoms with Gasteiger partial charge in [-0.3, -0.25) is 9.59 Å². The summed E-state index contributed by atoms with van der Waals surface area (Å²) in [5.41, 5.74) is 2.26. The molecule has 1 aliphatic rings. The first kappa shape index (κ1) is 16.6. The molecule has 1 saturated heterocycles. The van der Waals surface area contributed by atoms with Crippen molar-refractivity contribution < 1.29 is 14.7 Å². The van der Waals surface area contributed by atoms with Crippen molar-refractivity contribution in [2.75, 3.05) is 6.54 Å². The molecule has 5 nitrogen and oxygen atoms in total. The van der Waals surface area contributed by atoms with Crippen molar-refractivity contribution in [3.8, 4) is 0 Å². The molecule has 2 N–H and O–H groups in total. The molecule has 0 saturated carbocycles. The topological polar surface area (TPSA) is 73.4 Å². The largest absolute Gasteiger partial charge is 0.481 e. The predicted molar refractivity (Wildman–Crippen MR) is 92.8 cm³/mol. The number of likely N-dealkylation sites (tertiary alicyclic amines) is 1. The Morgan fingerprint density at radius 3 is 2.88 bits per heavy atom. The molecule has 3 rings (SSSR count). The molecule has 1 aromatic heterocycles. The fourth-order valence-corrected chi connectivity index (χ4v) is 3.64. The van der Waals surface area contributed by atoms with Gasteiger partial charge in [-0.15, -0.1) is 0 Å². The first-order valence-corrected chi connectivity index (χ1v) is 8.71. The molecule has 0 aliphatic carbocycles. The maximum Gasteiger partial charge on any atom is 0.303 e. The number of rotatable bonds is 6.